The highest BCUT2D eigenvalue weighted by Crippen LogP contribution is 2.30. The zero-order chi connectivity index (χ0) is 13.7. The topological polar surface area (TPSA) is 98.3 Å². The molecular weight excluding hydrogens is 302 g/mol. The Morgan fingerprint density at radius 2 is 2.22 bits per heavy atom. The number of carbonyl (C=O) groups is 1. The zero-order valence-electron chi connectivity index (χ0n) is 9.90. The number of anilines is 1. The van der Waals surface area contributed by atoms with E-state index < -0.39 is 4.92 Å². The van der Waals surface area contributed by atoms with Crippen LogP contribution in [0.15, 0.2) is 16.6 Å². The molecule has 0 atom stereocenters. The Balaban J connectivity index is 2.70. The van der Waals surface area contributed by atoms with Crippen molar-refractivity contribution in [3.63, 3.8) is 0 Å². The van der Waals surface area contributed by atoms with Gasteiger partial charge in [0.25, 0.3) is 5.69 Å². The van der Waals surface area contributed by atoms with Crippen molar-refractivity contribution in [3.8, 4) is 0 Å². The number of aryl methyl sites for hydroxylation is 1. The summed E-state index contributed by atoms with van der Waals surface area (Å²) in [6.07, 6.45) is 0.939. The second-order valence-corrected chi connectivity index (χ2v) is 4.73. The SMILES string of the molecule is Cc1cc(NCCCC(N)=O)c(Br)cc1[N+](=O)[O-]. The number of nitro benzene ring substituents is 1. The van der Waals surface area contributed by atoms with Crippen LogP contribution in [0.5, 0.6) is 0 Å². The number of nitro groups is 1. The summed E-state index contributed by atoms with van der Waals surface area (Å²) in [4.78, 5) is 20.9. The first-order valence-corrected chi connectivity index (χ1v) is 6.18. The lowest BCUT2D eigenvalue weighted by atomic mass is 10.2. The monoisotopic (exact) mass is 315 g/mol. The maximum absolute atomic E-state index is 10.7. The molecule has 1 amide bonds. The van der Waals surface area contributed by atoms with E-state index in [1.165, 1.54) is 6.07 Å². The van der Waals surface area contributed by atoms with E-state index in [0.29, 0.717) is 29.4 Å². The molecule has 1 rings (SSSR count). The third kappa shape index (κ3) is 3.99. The summed E-state index contributed by atoms with van der Waals surface area (Å²) in [7, 11) is 0. The fourth-order valence-electron chi connectivity index (χ4n) is 1.49. The van der Waals surface area contributed by atoms with Gasteiger partial charge in [-0.1, -0.05) is 0 Å². The van der Waals surface area contributed by atoms with Crippen molar-refractivity contribution in [2.45, 2.75) is 19.8 Å². The lowest BCUT2D eigenvalue weighted by Crippen LogP contribution is -2.12. The Kier molecular flexibility index (Phi) is 5.08. The Labute approximate surface area is 113 Å². The maximum atomic E-state index is 10.7. The highest BCUT2D eigenvalue weighted by Gasteiger charge is 2.13. The molecule has 0 unspecified atom stereocenters. The largest absolute Gasteiger partial charge is 0.384 e. The Bertz CT molecular complexity index is 477. The van der Waals surface area contributed by atoms with E-state index in [-0.39, 0.29) is 11.6 Å². The summed E-state index contributed by atoms with van der Waals surface area (Å²) in [5.41, 5.74) is 6.45. The number of benzene rings is 1. The van der Waals surface area contributed by atoms with Crippen molar-refractivity contribution in [2.24, 2.45) is 5.73 Å². The number of hydrogen-bond acceptors (Lipinski definition) is 4. The van der Waals surface area contributed by atoms with Gasteiger partial charge in [-0.25, -0.2) is 0 Å². The molecule has 1 aromatic rings. The van der Waals surface area contributed by atoms with Crippen LogP contribution in [0, 0.1) is 17.0 Å². The highest BCUT2D eigenvalue weighted by atomic mass is 79.9. The smallest absolute Gasteiger partial charge is 0.273 e. The molecule has 1 aromatic carbocycles. The van der Waals surface area contributed by atoms with Gasteiger partial charge in [0, 0.05) is 34.8 Å². The summed E-state index contributed by atoms with van der Waals surface area (Å²) < 4.78 is 0.624. The third-order valence-corrected chi connectivity index (χ3v) is 3.05. The molecule has 0 spiro atoms. The standard InChI is InChI=1S/C11H14BrN3O3/c1-7-5-9(14-4-2-3-11(13)16)8(12)6-10(7)15(17)18/h5-6,14H,2-4H2,1H3,(H2,13,16). The normalized spacial score (nSPS) is 10.1. The Morgan fingerprint density at radius 1 is 1.56 bits per heavy atom. The molecule has 0 aliphatic heterocycles. The van der Waals surface area contributed by atoms with Crippen molar-refractivity contribution >= 4 is 33.2 Å². The van der Waals surface area contributed by atoms with Crippen LogP contribution in [-0.2, 0) is 4.79 Å². The van der Waals surface area contributed by atoms with Crippen molar-refractivity contribution in [2.75, 3.05) is 11.9 Å². The van der Waals surface area contributed by atoms with Gasteiger partial charge in [0.15, 0.2) is 0 Å². The van der Waals surface area contributed by atoms with Crippen LogP contribution in [-0.4, -0.2) is 17.4 Å². The van der Waals surface area contributed by atoms with Gasteiger partial charge in [-0.05, 0) is 35.3 Å². The van der Waals surface area contributed by atoms with E-state index in [1.807, 2.05) is 0 Å². The van der Waals surface area contributed by atoms with Crippen LogP contribution in [0.3, 0.4) is 0 Å². The lowest BCUT2D eigenvalue weighted by Gasteiger charge is -2.09. The summed E-state index contributed by atoms with van der Waals surface area (Å²) in [5, 5.41) is 13.8. The van der Waals surface area contributed by atoms with Crippen molar-refractivity contribution < 1.29 is 9.72 Å². The van der Waals surface area contributed by atoms with Crippen LogP contribution in [0.1, 0.15) is 18.4 Å². The molecule has 98 valence electrons. The van der Waals surface area contributed by atoms with E-state index >= 15 is 0 Å². The molecule has 0 saturated carbocycles. The van der Waals surface area contributed by atoms with Gasteiger partial charge < -0.3 is 11.1 Å². The zero-order valence-corrected chi connectivity index (χ0v) is 11.5. The van der Waals surface area contributed by atoms with Crippen LogP contribution in [0.2, 0.25) is 0 Å². The number of halogens is 1. The van der Waals surface area contributed by atoms with Gasteiger partial charge in [-0.3, -0.25) is 14.9 Å². The fraction of sp³-hybridized carbons (Fsp3) is 0.364. The molecule has 3 N–H and O–H groups in total. The third-order valence-electron chi connectivity index (χ3n) is 2.40. The summed E-state index contributed by atoms with van der Waals surface area (Å²) in [6.45, 7) is 2.26. The van der Waals surface area contributed by atoms with Gasteiger partial charge in [0.2, 0.25) is 5.91 Å². The number of carbonyl (C=O) groups excluding carboxylic acids is 1. The minimum Gasteiger partial charge on any atom is -0.384 e. The molecule has 0 aliphatic rings. The molecule has 0 fully saturated rings. The highest BCUT2D eigenvalue weighted by molar-refractivity contribution is 9.10. The molecule has 18 heavy (non-hydrogen) atoms. The molecule has 0 aliphatic carbocycles. The fourth-order valence-corrected chi connectivity index (χ4v) is 1.96. The second-order valence-electron chi connectivity index (χ2n) is 3.87. The number of primary amides is 1. The predicted octanol–water partition coefficient (Wildman–Crippen LogP) is 2.34. The van der Waals surface area contributed by atoms with Crippen LogP contribution in [0.4, 0.5) is 11.4 Å². The maximum Gasteiger partial charge on any atom is 0.273 e. The van der Waals surface area contributed by atoms with Gasteiger partial charge >= 0.3 is 0 Å². The van der Waals surface area contributed by atoms with Crippen LogP contribution < -0.4 is 11.1 Å². The van der Waals surface area contributed by atoms with E-state index in [1.54, 1.807) is 13.0 Å². The molecule has 7 heteroatoms. The van der Waals surface area contributed by atoms with Gasteiger partial charge in [0.1, 0.15) is 0 Å². The summed E-state index contributed by atoms with van der Waals surface area (Å²) >= 11 is 3.27. The average molecular weight is 316 g/mol. The van der Waals surface area contributed by atoms with E-state index in [2.05, 4.69) is 21.2 Å². The number of nitrogens with one attached hydrogen (secondary N) is 1. The average Bonchev–Trinajstić information content (AvgIpc) is 2.27. The van der Waals surface area contributed by atoms with E-state index in [0.717, 1.165) is 5.69 Å². The minimum atomic E-state index is -0.420. The Hall–Kier alpha value is -1.63. The Morgan fingerprint density at radius 3 is 2.78 bits per heavy atom. The minimum absolute atomic E-state index is 0.0737. The van der Waals surface area contributed by atoms with E-state index in [4.69, 9.17) is 5.73 Å². The van der Waals surface area contributed by atoms with Crippen molar-refractivity contribution in [3.05, 3.63) is 32.3 Å². The summed E-state index contributed by atoms with van der Waals surface area (Å²) in [5.74, 6) is -0.337. The molecule has 0 heterocycles. The molecule has 0 bridgehead atoms. The lowest BCUT2D eigenvalue weighted by molar-refractivity contribution is -0.385. The molecule has 6 nitrogen and oxygen atoms in total. The van der Waals surface area contributed by atoms with Gasteiger partial charge in [-0.2, -0.15) is 0 Å². The van der Waals surface area contributed by atoms with Crippen LogP contribution >= 0.6 is 15.9 Å². The number of nitrogens with zero attached hydrogens (tertiary/aromatic N) is 1. The van der Waals surface area contributed by atoms with Gasteiger partial charge in [0.05, 0.1) is 4.92 Å². The number of hydrogen-bond donors (Lipinski definition) is 2. The predicted molar refractivity (Wildman–Crippen MR) is 72.5 cm³/mol. The molecule has 0 aromatic heterocycles. The first-order valence-electron chi connectivity index (χ1n) is 5.38. The van der Waals surface area contributed by atoms with Crippen molar-refractivity contribution in [1.82, 2.24) is 0 Å². The first-order chi connectivity index (χ1) is 8.41. The molecule has 0 radical (unpaired) electrons. The van der Waals surface area contributed by atoms with Crippen LogP contribution in [0.25, 0.3) is 0 Å². The van der Waals surface area contributed by atoms with E-state index in [9.17, 15) is 14.9 Å². The summed E-state index contributed by atoms with van der Waals surface area (Å²) in [6, 6.07) is 3.16. The first kappa shape index (κ1) is 14.4. The number of nitrogens with two attached hydrogens (primary N) is 1. The number of rotatable bonds is 6. The number of amides is 1. The van der Waals surface area contributed by atoms with Crippen molar-refractivity contribution in [1.29, 1.82) is 0 Å². The second kappa shape index (κ2) is 6.34. The van der Waals surface area contributed by atoms with Gasteiger partial charge in [-0.15, -0.1) is 0 Å². The molecular formula is C11H14BrN3O3. The molecule has 0 saturated heterocycles. The quantitative estimate of drug-likeness (QED) is 0.478.